The smallest absolute Gasteiger partial charge is 0.221 e. The Morgan fingerprint density at radius 3 is 2.72 bits per heavy atom. The van der Waals surface area contributed by atoms with Crippen LogP contribution in [-0.4, -0.2) is 46.7 Å². The van der Waals surface area contributed by atoms with Gasteiger partial charge in [-0.15, -0.1) is 0 Å². The van der Waals surface area contributed by atoms with Crippen molar-refractivity contribution in [2.45, 2.75) is 68.9 Å². The molecule has 1 aliphatic carbocycles. The van der Waals surface area contributed by atoms with Gasteiger partial charge in [0.15, 0.2) is 0 Å². The van der Waals surface area contributed by atoms with Gasteiger partial charge in [0.05, 0.1) is 12.0 Å². The molecule has 1 spiro atoms. The molecule has 1 amide bonds. The SMILES string of the molecule is Cn1c(C2CCC3(CCCO3)CC2N2CCCC2)c(CC(N)=O)c2ccccc21. The number of aromatic nitrogens is 1. The molecule has 1 saturated carbocycles. The first-order chi connectivity index (χ1) is 14.1. The lowest BCUT2D eigenvalue weighted by Crippen LogP contribution is -2.49. The van der Waals surface area contributed by atoms with E-state index in [1.54, 1.807) is 0 Å². The average molecular weight is 396 g/mol. The Hall–Kier alpha value is -1.85. The molecule has 2 aromatic rings. The fourth-order valence-electron chi connectivity index (χ4n) is 6.45. The van der Waals surface area contributed by atoms with E-state index in [2.05, 4.69) is 40.8 Å². The van der Waals surface area contributed by atoms with Crippen molar-refractivity contribution in [2.75, 3.05) is 19.7 Å². The van der Waals surface area contributed by atoms with Crippen LogP contribution >= 0.6 is 0 Å². The number of aryl methyl sites for hydroxylation is 1. The summed E-state index contributed by atoms with van der Waals surface area (Å²) in [5.41, 5.74) is 9.46. The number of para-hydroxylation sites is 1. The minimum atomic E-state index is -0.244. The zero-order valence-corrected chi connectivity index (χ0v) is 17.5. The van der Waals surface area contributed by atoms with Crippen LogP contribution in [0.4, 0.5) is 0 Å². The van der Waals surface area contributed by atoms with Crippen LogP contribution in [0, 0.1) is 0 Å². The van der Waals surface area contributed by atoms with Crippen LogP contribution in [0.1, 0.15) is 62.1 Å². The van der Waals surface area contributed by atoms with Gasteiger partial charge in [-0.1, -0.05) is 18.2 Å². The highest BCUT2D eigenvalue weighted by Crippen LogP contribution is 2.48. The van der Waals surface area contributed by atoms with Gasteiger partial charge in [-0.3, -0.25) is 9.69 Å². The summed E-state index contributed by atoms with van der Waals surface area (Å²) in [6, 6.07) is 8.95. The molecule has 3 aliphatic rings. The van der Waals surface area contributed by atoms with Crippen molar-refractivity contribution in [3.05, 3.63) is 35.5 Å². The van der Waals surface area contributed by atoms with Crippen molar-refractivity contribution < 1.29 is 9.53 Å². The average Bonchev–Trinajstić information content (AvgIpc) is 3.45. The van der Waals surface area contributed by atoms with Crippen LogP contribution in [0.15, 0.2) is 24.3 Å². The largest absolute Gasteiger partial charge is 0.375 e. The van der Waals surface area contributed by atoms with Crippen molar-refractivity contribution in [2.24, 2.45) is 12.8 Å². The van der Waals surface area contributed by atoms with Gasteiger partial charge in [0, 0.05) is 42.2 Å². The number of rotatable bonds is 4. The van der Waals surface area contributed by atoms with Crippen molar-refractivity contribution in [1.82, 2.24) is 9.47 Å². The molecule has 2 aliphatic heterocycles. The highest BCUT2D eigenvalue weighted by atomic mass is 16.5. The molecule has 1 aromatic heterocycles. The van der Waals surface area contributed by atoms with Gasteiger partial charge in [0.2, 0.25) is 5.91 Å². The first-order valence-corrected chi connectivity index (χ1v) is 11.3. The Balaban J connectivity index is 1.60. The predicted molar refractivity (Wildman–Crippen MR) is 115 cm³/mol. The van der Waals surface area contributed by atoms with Gasteiger partial charge < -0.3 is 15.0 Å². The van der Waals surface area contributed by atoms with Gasteiger partial charge in [-0.25, -0.2) is 0 Å². The van der Waals surface area contributed by atoms with E-state index in [-0.39, 0.29) is 11.5 Å². The third kappa shape index (κ3) is 3.28. The number of carbonyl (C=O) groups is 1. The summed E-state index contributed by atoms with van der Waals surface area (Å²) in [4.78, 5) is 14.7. The minimum Gasteiger partial charge on any atom is -0.375 e. The van der Waals surface area contributed by atoms with E-state index in [1.165, 1.54) is 55.4 Å². The van der Waals surface area contributed by atoms with Crippen molar-refractivity contribution in [3.63, 3.8) is 0 Å². The standard InChI is InChI=1S/C24H33N3O2/c1-26-20-8-3-2-7-17(20)19(15-22(25)28)23(26)18-9-11-24(10-6-14-29-24)16-21(18)27-12-4-5-13-27/h2-3,7-8,18,21H,4-6,9-16H2,1H3,(H2,25,28). The minimum absolute atomic E-state index is 0.0815. The van der Waals surface area contributed by atoms with Crippen LogP contribution in [0.25, 0.3) is 10.9 Å². The van der Waals surface area contributed by atoms with Crippen molar-refractivity contribution in [1.29, 1.82) is 0 Å². The van der Waals surface area contributed by atoms with E-state index in [9.17, 15) is 4.79 Å². The lowest BCUT2D eigenvalue weighted by atomic mass is 9.71. The number of nitrogens with zero attached hydrogens (tertiary/aromatic N) is 2. The molecule has 3 fully saturated rings. The topological polar surface area (TPSA) is 60.5 Å². The Bertz CT molecular complexity index is 906. The number of nitrogens with two attached hydrogens (primary N) is 1. The van der Waals surface area contributed by atoms with Crippen molar-refractivity contribution in [3.8, 4) is 0 Å². The van der Waals surface area contributed by atoms with Crippen LogP contribution in [0.2, 0.25) is 0 Å². The number of hydrogen-bond acceptors (Lipinski definition) is 3. The van der Waals surface area contributed by atoms with E-state index in [0.717, 1.165) is 31.4 Å². The number of primary amides is 1. The molecule has 3 unspecified atom stereocenters. The maximum atomic E-state index is 12.0. The summed E-state index contributed by atoms with van der Waals surface area (Å²) in [5, 5.41) is 1.18. The lowest BCUT2D eigenvalue weighted by Gasteiger charge is -2.46. The molecular weight excluding hydrogens is 362 g/mol. The lowest BCUT2D eigenvalue weighted by molar-refractivity contribution is -0.117. The summed E-state index contributed by atoms with van der Waals surface area (Å²) in [6.07, 6.45) is 8.67. The van der Waals surface area contributed by atoms with Crippen molar-refractivity contribution >= 4 is 16.8 Å². The van der Waals surface area contributed by atoms with E-state index in [4.69, 9.17) is 10.5 Å². The molecule has 2 N–H and O–H groups in total. The molecule has 5 rings (SSSR count). The molecule has 5 nitrogen and oxygen atoms in total. The van der Waals surface area contributed by atoms with Gasteiger partial charge in [0.1, 0.15) is 0 Å². The highest BCUT2D eigenvalue weighted by molar-refractivity contribution is 5.90. The fourth-order valence-corrected chi connectivity index (χ4v) is 6.45. The molecule has 0 radical (unpaired) electrons. The third-order valence-electron chi connectivity index (χ3n) is 7.71. The maximum Gasteiger partial charge on any atom is 0.221 e. The summed E-state index contributed by atoms with van der Waals surface area (Å²) >= 11 is 0. The van der Waals surface area contributed by atoms with Crippen LogP contribution in [0.3, 0.4) is 0 Å². The Morgan fingerprint density at radius 1 is 1.21 bits per heavy atom. The second-order valence-corrected chi connectivity index (χ2v) is 9.38. The molecular formula is C24H33N3O2. The molecule has 29 heavy (non-hydrogen) atoms. The quantitative estimate of drug-likeness (QED) is 0.862. The molecule has 5 heteroatoms. The van der Waals surface area contributed by atoms with E-state index < -0.39 is 0 Å². The number of fused-ring (bicyclic) bond motifs is 1. The van der Waals surface area contributed by atoms with E-state index >= 15 is 0 Å². The second-order valence-electron chi connectivity index (χ2n) is 9.38. The monoisotopic (exact) mass is 395 g/mol. The summed E-state index contributed by atoms with van der Waals surface area (Å²) in [5.74, 6) is 0.182. The Kier molecular flexibility index (Phi) is 4.91. The molecule has 2 saturated heterocycles. The number of carbonyl (C=O) groups excluding carboxylic acids is 1. The van der Waals surface area contributed by atoms with Gasteiger partial charge in [-0.2, -0.15) is 0 Å². The number of hydrogen-bond donors (Lipinski definition) is 1. The summed E-state index contributed by atoms with van der Waals surface area (Å²) in [7, 11) is 2.17. The molecule has 0 bridgehead atoms. The fraction of sp³-hybridized carbons (Fsp3) is 0.625. The summed E-state index contributed by atoms with van der Waals surface area (Å²) in [6.45, 7) is 3.29. The van der Waals surface area contributed by atoms with Gasteiger partial charge >= 0.3 is 0 Å². The first kappa shape index (κ1) is 19.1. The van der Waals surface area contributed by atoms with E-state index in [1.807, 2.05) is 0 Å². The van der Waals surface area contributed by atoms with Gasteiger partial charge in [0.25, 0.3) is 0 Å². The van der Waals surface area contributed by atoms with E-state index in [0.29, 0.717) is 18.4 Å². The Morgan fingerprint density at radius 2 is 2.00 bits per heavy atom. The Labute approximate surface area is 173 Å². The van der Waals surface area contributed by atoms with Crippen LogP contribution in [0.5, 0.6) is 0 Å². The number of ether oxygens (including phenoxy) is 1. The van der Waals surface area contributed by atoms with Crippen LogP contribution in [-0.2, 0) is 23.0 Å². The van der Waals surface area contributed by atoms with Gasteiger partial charge in [-0.05, 0) is 69.7 Å². The second kappa shape index (κ2) is 7.44. The van der Waals surface area contributed by atoms with Crippen LogP contribution < -0.4 is 5.73 Å². The number of benzene rings is 1. The zero-order valence-electron chi connectivity index (χ0n) is 17.5. The number of amides is 1. The molecule has 3 atom stereocenters. The highest BCUT2D eigenvalue weighted by Gasteiger charge is 2.47. The number of likely N-dealkylation sites (tertiary alicyclic amines) is 1. The molecule has 156 valence electrons. The predicted octanol–water partition coefficient (Wildman–Crippen LogP) is 3.49. The molecule has 1 aromatic carbocycles. The first-order valence-electron chi connectivity index (χ1n) is 11.3. The molecule has 3 heterocycles. The summed E-state index contributed by atoms with van der Waals surface area (Å²) < 4.78 is 8.67. The normalized spacial score (nSPS) is 30.5. The third-order valence-corrected chi connectivity index (χ3v) is 7.71. The maximum absolute atomic E-state index is 12.0. The zero-order chi connectivity index (χ0) is 20.0.